The molecule has 1 amide bonds. The molecule has 2 heterocycles. The van der Waals surface area contributed by atoms with Crippen LogP contribution >= 0.6 is 0 Å². The first-order valence-corrected chi connectivity index (χ1v) is 6.94. The molecule has 0 unspecified atom stereocenters. The number of hydrogen-bond donors (Lipinski definition) is 1. The van der Waals surface area contributed by atoms with Crippen molar-refractivity contribution >= 4 is 5.91 Å². The number of carbonyl (C=O) groups is 1. The number of carbonyl (C=O) groups excluding carboxylic acids is 1. The average Bonchev–Trinajstić information content (AvgIpc) is 2.55. The summed E-state index contributed by atoms with van der Waals surface area (Å²) in [5.41, 5.74) is 1.03. The third-order valence-electron chi connectivity index (χ3n) is 3.63. The smallest absolute Gasteiger partial charge is 0.257 e. The molecule has 1 aliphatic rings. The van der Waals surface area contributed by atoms with Crippen molar-refractivity contribution in [1.82, 2.24) is 9.88 Å². The minimum absolute atomic E-state index is 0.141. The van der Waals surface area contributed by atoms with E-state index in [4.69, 9.17) is 4.74 Å². The third-order valence-corrected chi connectivity index (χ3v) is 3.63. The van der Waals surface area contributed by atoms with Crippen LogP contribution in [0.5, 0.6) is 5.75 Å². The lowest BCUT2D eigenvalue weighted by molar-refractivity contribution is -0.0229. The molecule has 0 bridgehead atoms. The fourth-order valence-electron chi connectivity index (χ4n) is 2.45. The van der Waals surface area contributed by atoms with E-state index in [9.17, 15) is 14.3 Å². The quantitative estimate of drug-likeness (QED) is 0.923. The van der Waals surface area contributed by atoms with Crippen molar-refractivity contribution in [2.75, 3.05) is 19.7 Å². The summed E-state index contributed by atoms with van der Waals surface area (Å²) in [5, 5.41) is 9.74. The topological polar surface area (TPSA) is 62.7 Å². The molecule has 1 aromatic carbocycles. The predicted octanol–water partition coefficient (Wildman–Crippen LogP) is 2.14. The zero-order valence-corrected chi connectivity index (χ0v) is 11.8. The Bertz CT molecular complexity index is 675. The van der Waals surface area contributed by atoms with Gasteiger partial charge < -0.3 is 14.7 Å². The second-order valence-electron chi connectivity index (χ2n) is 5.05. The van der Waals surface area contributed by atoms with Gasteiger partial charge in [0.05, 0.1) is 24.9 Å². The first-order chi connectivity index (χ1) is 10.6. The Labute approximate surface area is 127 Å². The van der Waals surface area contributed by atoms with Gasteiger partial charge in [0.2, 0.25) is 0 Å². The van der Waals surface area contributed by atoms with Gasteiger partial charge in [-0.2, -0.15) is 0 Å². The van der Waals surface area contributed by atoms with Crippen LogP contribution in [-0.4, -0.2) is 40.6 Å². The van der Waals surface area contributed by atoms with Crippen LogP contribution in [0, 0.1) is 5.82 Å². The molecule has 6 heteroatoms. The molecular formula is C16H15FN2O3. The molecule has 1 N–H and O–H groups in total. The van der Waals surface area contributed by atoms with Crippen molar-refractivity contribution in [3.8, 4) is 5.75 Å². The van der Waals surface area contributed by atoms with E-state index in [2.05, 4.69) is 4.98 Å². The molecule has 0 radical (unpaired) electrons. The fourth-order valence-corrected chi connectivity index (χ4v) is 2.45. The van der Waals surface area contributed by atoms with Gasteiger partial charge in [0, 0.05) is 12.7 Å². The summed E-state index contributed by atoms with van der Waals surface area (Å²) in [6.07, 6.45) is 2.40. The van der Waals surface area contributed by atoms with Crippen molar-refractivity contribution in [3.05, 3.63) is 59.7 Å². The predicted molar refractivity (Wildman–Crippen MR) is 76.9 cm³/mol. The largest absolute Gasteiger partial charge is 0.505 e. The number of halogens is 1. The van der Waals surface area contributed by atoms with E-state index in [0.29, 0.717) is 19.7 Å². The highest BCUT2D eigenvalue weighted by Crippen LogP contribution is 2.25. The molecule has 114 valence electrons. The minimum Gasteiger partial charge on any atom is -0.505 e. The summed E-state index contributed by atoms with van der Waals surface area (Å²) in [4.78, 5) is 17.9. The van der Waals surface area contributed by atoms with Crippen LogP contribution < -0.4 is 0 Å². The Morgan fingerprint density at radius 3 is 2.82 bits per heavy atom. The van der Waals surface area contributed by atoms with Crippen molar-refractivity contribution in [3.63, 3.8) is 0 Å². The summed E-state index contributed by atoms with van der Waals surface area (Å²) in [5.74, 6) is -0.721. The second kappa shape index (κ2) is 6.11. The van der Waals surface area contributed by atoms with Crippen LogP contribution in [-0.2, 0) is 4.74 Å². The number of benzene rings is 1. The standard InChI is InChI=1S/C16H15FN2O3/c17-12-3-1-11(2-4-12)15-10-19(7-8-22-15)16(21)13-5-6-18-9-14(13)20/h1-6,9,15,20H,7-8,10H2/t15-/m0/s1. The van der Waals surface area contributed by atoms with Crippen LogP contribution in [0.3, 0.4) is 0 Å². The summed E-state index contributed by atoms with van der Waals surface area (Å²) in [6, 6.07) is 7.53. The molecule has 3 rings (SSSR count). The van der Waals surface area contributed by atoms with Gasteiger partial charge >= 0.3 is 0 Å². The van der Waals surface area contributed by atoms with Gasteiger partial charge in [-0.25, -0.2) is 4.39 Å². The van der Waals surface area contributed by atoms with Crippen molar-refractivity contribution < 1.29 is 19.0 Å². The summed E-state index contributed by atoms with van der Waals surface area (Å²) < 4.78 is 18.6. The van der Waals surface area contributed by atoms with Gasteiger partial charge in [-0.1, -0.05) is 12.1 Å². The molecule has 1 aromatic heterocycles. The van der Waals surface area contributed by atoms with Gasteiger partial charge in [0.25, 0.3) is 5.91 Å². The number of aromatic hydroxyl groups is 1. The molecule has 5 nitrogen and oxygen atoms in total. The molecule has 0 saturated carbocycles. The van der Waals surface area contributed by atoms with Gasteiger partial charge in [-0.05, 0) is 23.8 Å². The van der Waals surface area contributed by atoms with Crippen LogP contribution in [0.15, 0.2) is 42.7 Å². The molecule has 2 aromatic rings. The maximum atomic E-state index is 13.0. The number of hydrogen-bond acceptors (Lipinski definition) is 4. The van der Waals surface area contributed by atoms with Crippen molar-refractivity contribution in [2.24, 2.45) is 0 Å². The number of amides is 1. The number of ether oxygens (including phenoxy) is 1. The molecule has 1 atom stereocenters. The van der Waals surface area contributed by atoms with E-state index in [-0.39, 0.29) is 29.1 Å². The third kappa shape index (κ3) is 2.92. The molecule has 0 spiro atoms. The maximum absolute atomic E-state index is 13.0. The number of rotatable bonds is 2. The fraction of sp³-hybridized carbons (Fsp3) is 0.250. The SMILES string of the molecule is O=C(c1ccncc1O)N1CCO[C@H](c2ccc(F)cc2)C1. The summed E-state index contributed by atoms with van der Waals surface area (Å²) in [7, 11) is 0. The molecule has 1 fully saturated rings. The van der Waals surface area contributed by atoms with E-state index in [0.717, 1.165) is 5.56 Å². The van der Waals surface area contributed by atoms with Crippen molar-refractivity contribution in [1.29, 1.82) is 0 Å². The first-order valence-electron chi connectivity index (χ1n) is 6.94. The zero-order chi connectivity index (χ0) is 15.5. The number of pyridine rings is 1. The van der Waals surface area contributed by atoms with E-state index in [1.54, 1.807) is 17.0 Å². The lowest BCUT2D eigenvalue weighted by Crippen LogP contribution is -2.42. The number of morpholine rings is 1. The van der Waals surface area contributed by atoms with Gasteiger partial charge in [0.1, 0.15) is 17.7 Å². The summed E-state index contributed by atoms with van der Waals surface area (Å²) >= 11 is 0. The highest BCUT2D eigenvalue weighted by molar-refractivity contribution is 5.96. The molecular weight excluding hydrogens is 287 g/mol. The molecule has 1 aliphatic heterocycles. The van der Waals surface area contributed by atoms with Gasteiger partial charge in [-0.3, -0.25) is 9.78 Å². The van der Waals surface area contributed by atoms with Crippen molar-refractivity contribution in [2.45, 2.75) is 6.10 Å². The van der Waals surface area contributed by atoms with Crippen LogP contribution in [0.2, 0.25) is 0 Å². The highest BCUT2D eigenvalue weighted by Gasteiger charge is 2.27. The second-order valence-corrected chi connectivity index (χ2v) is 5.05. The van der Waals surface area contributed by atoms with Gasteiger partial charge in [-0.15, -0.1) is 0 Å². The average molecular weight is 302 g/mol. The van der Waals surface area contributed by atoms with Crippen LogP contribution in [0.25, 0.3) is 0 Å². The van der Waals surface area contributed by atoms with Gasteiger partial charge in [0.15, 0.2) is 0 Å². The molecule has 1 saturated heterocycles. The van der Waals surface area contributed by atoms with Crippen LogP contribution in [0.1, 0.15) is 22.0 Å². The van der Waals surface area contributed by atoms with E-state index in [1.807, 2.05) is 0 Å². The van der Waals surface area contributed by atoms with Crippen LogP contribution in [0.4, 0.5) is 4.39 Å². The zero-order valence-electron chi connectivity index (χ0n) is 11.8. The minimum atomic E-state index is -0.311. The summed E-state index contributed by atoms with van der Waals surface area (Å²) in [6.45, 7) is 1.18. The van der Waals surface area contributed by atoms with E-state index >= 15 is 0 Å². The monoisotopic (exact) mass is 302 g/mol. The Morgan fingerprint density at radius 2 is 2.09 bits per heavy atom. The maximum Gasteiger partial charge on any atom is 0.257 e. The lowest BCUT2D eigenvalue weighted by Gasteiger charge is -2.33. The Morgan fingerprint density at radius 1 is 1.32 bits per heavy atom. The number of nitrogens with zero attached hydrogens (tertiary/aromatic N) is 2. The normalized spacial score (nSPS) is 18.2. The van der Waals surface area contributed by atoms with E-state index in [1.165, 1.54) is 30.6 Å². The molecule has 0 aliphatic carbocycles. The Kier molecular flexibility index (Phi) is 4.02. The number of aromatic nitrogens is 1. The first kappa shape index (κ1) is 14.5. The molecule has 22 heavy (non-hydrogen) atoms. The highest BCUT2D eigenvalue weighted by atomic mass is 19.1. The van der Waals surface area contributed by atoms with E-state index < -0.39 is 0 Å². The Hall–Kier alpha value is -2.47. The lowest BCUT2D eigenvalue weighted by atomic mass is 10.1. The Balaban J connectivity index is 1.77.